The van der Waals surface area contributed by atoms with Crippen molar-refractivity contribution in [2.45, 2.75) is 39.7 Å². The van der Waals surface area contributed by atoms with Crippen LogP contribution in [0.4, 0.5) is 5.69 Å². The normalized spacial score (nSPS) is 10.6. The Bertz CT molecular complexity index is 470. The molecule has 0 spiro atoms. The highest BCUT2D eigenvalue weighted by molar-refractivity contribution is 5.44. The number of aryl methyl sites for hydroxylation is 2. The lowest BCUT2D eigenvalue weighted by Crippen LogP contribution is -1.98. The minimum absolute atomic E-state index is 0.738. The summed E-state index contributed by atoms with van der Waals surface area (Å²) in [7, 11) is 0. The fraction of sp³-hybridized carbons (Fsp3) is 0.375. The van der Waals surface area contributed by atoms with Gasteiger partial charge in [0.2, 0.25) is 0 Å². The number of hydrogen-bond donors (Lipinski definition) is 1. The van der Waals surface area contributed by atoms with Gasteiger partial charge >= 0.3 is 0 Å². The lowest BCUT2D eigenvalue weighted by atomic mass is 10.1. The van der Waals surface area contributed by atoms with Crippen LogP contribution in [0.3, 0.4) is 0 Å². The van der Waals surface area contributed by atoms with E-state index < -0.39 is 0 Å². The average molecular weight is 243 g/mol. The van der Waals surface area contributed by atoms with E-state index in [9.17, 15) is 0 Å². The molecule has 0 aliphatic rings. The van der Waals surface area contributed by atoms with Gasteiger partial charge in [0.1, 0.15) is 11.5 Å². The van der Waals surface area contributed by atoms with Gasteiger partial charge in [0.25, 0.3) is 0 Å². The van der Waals surface area contributed by atoms with E-state index >= 15 is 0 Å². The third kappa shape index (κ3) is 3.66. The molecule has 1 heterocycles. The number of rotatable bonds is 6. The Hall–Kier alpha value is -1.70. The molecule has 0 atom stereocenters. The van der Waals surface area contributed by atoms with Crippen LogP contribution in [0.1, 0.15) is 36.8 Å². The first kappa shape index (κ1) is 12.7. The van der Waals surface area contributed by atoms with Crippen LogP contribution in [0.5, 0.6) is 0 Å². The molecular weight excluding hydrogens is 222 g/mol. The van der Waals surface area contributed by atoms with Crippen LogP contribution in [0.25, 0.3) is 0 Å². The molecule has 0 fully saturated rings. The molecule has 0 unspecified atom stereocenters. The summed E-state index contributed by atoms with van der Waals surface area (Å²) in [6, 6.07) is 12.7. The number of nitrogens with one attached hydrogen (secondary N) is 1. The standard InChI is InChI=1S/C16H21NO/c1-3-4-5-14-7-9-15(10-8-14)17-12-16-11-6-13(2)18-16/h6-11,17H,3-5,12H2,1-2H3. The summed E-state index contributed by atoms with van der Waals surface area (Å²) in [5.41, 5.74) is 2.56. The zero-order valence-corrected chi connectivity index (χ0v) is 11.2. The highest BCUT2D eigenvalue weighted by atomic mass is 16.3. The van der Waals surface area contributed by atoms with Crippen LogP contribution in [-0.2, 0) is 13.0 Å². The first-order valence-electron chi connectivity index (χ1n) is 6.66. The maximum absolute atomic E-state index is 5.52. The number of unbranched alkanes of at least 4 members (excludes halogenated alkanes) is 1. The summed E-state index contributed by atoms with van der Waals surface area (Å²) in [5, 5.41) is 3.36. The zero-order chi connectivity index (χ0) is 12.8. The largest absolute Gasteiger partial charge is 0.465 e. The minimum Gasteiger partial charge on any atom is -0.465 e. The summed E-state index contributed by atoms with van der Waals surface area (Å²) in [4.78, 5) is 0. The maximum Gasteiger partial charge on any atom is 0.123 e. The lowest BCUT2D eigenvalue weighted by molar-refractivity contribution is 0.490. The molecule has 0 radical (unpaired) electrons. The summed E-state index contributed by atoms with van der Waals surface area (Å²) < 4.78 is 5.52. The number of hydrogen-bond acceptors (Lipinski definition) is 2. The summed E-state index contributed by atoms with van der Waals surface area (Å²) in [5.74, 6) is 1.93. The zero-order valence-electron chi connectivity index (χ0n) is 11.2. The van der Waals surface area contributed by atoms with Gasteiger partial charge in [0, 0.05) is 5.69 Å². The number of benzene rings is 1. The number of anilines is 1. The molecule has 2 rings (SSSR count). The molecule has 1 aromatic carbocycles. The molecule has 0 bridgehead atoms. The fourth-order valence-electron chi connectivity index (χ4n) is 1.94. The van der Waals surface area contributed by atoms with Crippen molar-refractivity contribution in [3.05, 3.63) is 53.5 Å². The Kier molecular flexibility index (Phi) is 4.46. The fourth-order valence-corrected chi connectivity index (χ4v) is 1.94. The smallest absolute Gasteiger partial charge is 0.123 e. The highest BCUT2D eigenvalue weighted by Crippen LogP contribution is 2.14. The second-order valence-electron chi connectivity index (χ2n) is 4.67. The average Bonchev–Trinajstić information content (AvgIpc) is 2.81. The third-order valence-corrected chi connectivity index (χ3v) is 3.04. The molecule has 0 aliphatic heterocycles. The molecule has 1 aromatic heterocycles. The van der Waals surface area contributed by atoms with Crippen molar-refractivity contribution in [2.24, 2.45) is 0 Å². The monoisotopic (exact) mass is 243 g/mol. The first-order chi connectivity index (χ1) is 8.78. The third-order valence-electron chi connectivity index (χ3n) is 3.04. The predicted molar refractivity (Wildman–Crippen MR) is 75.8 cm³/mol. The van der Waals surface area contributed by atoms with Crippen molar-refractivity contribution < 1.29 is 4.42 Å². The van der Waals surface area contributed by atoms with Crippen LogP contribution in [0.2, 0.25) is 0 Å². The van der Waals surface area contributed by atoms with Crippen molar-refractivity contribution >= 4 is 5.69 Å². The second kappa shape index (κ2) is 6.29. The Balaban J connectivity index is 1.86. The second-order valence-corrected chi connectivity index (χ2v) is 4.67. The van der Waals surface area contributed by atoms with Gasteiger partial charge in [-0.2, -0.15) is 0 Å². The maximum atomic E-state index is 5.52. The van der Waals surface area contributed by atoms with Gasteiger partial charge in [0.05, 0.1) is 6.54 Å². The Labute approximate surface area is 109 Å². The van der Waals surface area contributed by atoms with Crippen LogP contribution in [0.15, 0.2) is 40.8 Å². The van der Waals surface area contributed by atoms with Crippen molar-refractivity contribution in [3.63, 3.8) is 0 Å². The van der Waals surface area contributed by atoms with Crippen LogP contribution >= 0.6 is 0 Å². The summed E-state index contributed by atoms with van der Waals surface area (Å²) in [6.45, 7) is 4.93. The van der Waals surface area contributed by atoms with E-state index in [2.05, 4.69) is 36.5 Å². The van der Waals surface area contributed by atoms with E-state index in [-0.39, 0.29) is 0 Å². The Morgan fingerprint density at radius 2 is 1.83 bits per heavy atom. The van der Waals surface area contributed by atoms with Gasteiger partial charge in [-0.3, -0.25) is 0 Å². The van der Waals surface area contributed by atoms with E-state index in [4.69, 9.17) is 4.42 Å². The minimum atomic E-state index is 0.738. The molecule has 2 heteroatoms. The summed E-state index contributed by atoms with van der Waals surface area (Å²) in [6.07, 6.45) is 3.68. The lowest BCUT2D eigenvalue weighted by Gasteiger charge is -2.06. The Morgan fingerprint density at radius 3 is 2.44 bits per heavy atom. The first-order valence-corrected chi connectivity index (χ1v) is 6.66. The quantitative estimate of drug-likeness (QED) is 0.805. The number of furan rings is 1. The molecule has 1 N–H and O–H groups in total. The van der Waals surface area contributed by atoms with Gasteiger partial charge in [-0.25, -0.2) is 0 Å². The van der Waals surface area contributed by atoms with Crippen molar-refractivity contribution in [1.29, 1.82) is 0 Å². The van der Waals surface area contributed by atoms with E-state index in [1.54, 1.807) is 0 Å². The van der Waals surface area contributed by atoms with Crippen molar-refractivity contribution in [1.82, 2.24) is 0 Å². The molecule has 0 saturated heterocycles. The molecule has 0 amide bonds. The van der Waals surface area contributed by atoms with E-state index in [0.29, 0.717) is 0 Å². The highest BCUT2D eigenvalue weighted by Gasteiger charge is 1.99. The SMILES string of the molecule is CCCCc1ccc(NCc2ccc(C)o2)cc1. The predicted octanol–water partition coefficient (Wildman–Crippen LogP) is 4.54. The molecule has 18 heavy (non-hydrogen) atoms. The molecule has 96 valence electrons. The summed E-state index contributed by atoms with van der Waals surface area (Å²) >= 11 is 0. The molecule has 2 nitrogen and oxygen atoms in total. The van der Waals surface area contributed by atoms with Gasteiger partial charge in [-0.1, -0.05) is 25.5 Å². The molecular formula is C16H21NO. The molecule has 0 saturated carbocycles. The van der Waals surface area contributed by atoms with E-state index in [0.717, 1.165) is 23.8 Å². The van der Waals surface area contributed by atoms with Gasteiger partial charge < -0.3 is 9.73 Å². The van der Waals surface area contributed by atoms with Crippen molar-refractivity contribution in [2.75, 3.05) is 5.32 Å². The van der Waals surface area contributed by atoms with Crippen LogP contribution in [-0.4, -0.2) is 0 Å². The van der Waals surface area contributed by atoms with E-state index in [1.807, 2.05) is 19.1 Å². The van der Waals surface area contributed by atoms with Crippen molar-refractivity contribution in [3.8, 4) is 0 Å². The Morgan fingerprint density at radius 1 is 1.06 bits per heavy atom. The molecule has 2 aromatic rings. The van der Waals surface area contributed by atoms with Gasteiger partial charge in [0.15, 0.2) is 0 Å². The van der Waals surface area contributed by atoms with Crippen LogP contribution in [0, 0.1) is 6.92 Å². The van der Waals surface area contributed by atoms with Gasteiger partial charge in [-0.05, 0) is 49.6 Å². The van der Waals surface area contributed by atoms with Gasteiger partial charge in [-0.15, -0.1) is 0 Å². The van der Waals surface area contributed by atoms with E-state index in [1.165, 1.54) is 24.8 Å². The van der Waals surface area contributed by atoms with Crippen LogP contribution < -0.4 is 5.32 Å². The molecule has 0 aliphatic carbocycles. The topological polar surface area (TPSA) is 25.2 Å².